The van der Waals surface area contributed by atoms with Gasteiger partial charge in [-0.15, -0.1) is 11.8 Å². The van der Waals surface area contributed by atoms with Gasteiger partial charge in [0, 0.05) is 21.8 Å². The van der Waals surface area contributed by atoms with Gasteiger partial charge >= 0.3 is 0 Å². The van der Waals surface area contributed by atoms with Gasteiger partial charge in [0.2, 0.25) is 11.7 Å². The molecule has 0 bridgehead atoms. The van der Waals surface area contributed by atoms with Gasteiger partial charge in [-0.05, 0) is 35.2 Å². The molecule has 3 rings (SSSR count). The van der Waals surface area contributed by atoms with Gasteiger partial charge in [-0.3, -0.25) is 4.79 Å². The zero-order valence-corrected chi connectivity index (χ0v) is 18.0. The lowest BCUT2D eigenvalue weighted by atomic mass is 10.1. The molecule has 0 fully saturated rings. The zero-order chi connectivity index (χ0) is 20.8. The minimum absolute atomic E-state index is 0.0761. The van der Waals surface area contributed by atoms with Gasteiger partial charge in [0.15, 0.2) is 11.5 Å². The first-order chi connectivity index (χ1) is 14.1. The summed E-state index contributed by atoms with van der Waals surface area (Å²) in [5, 5.41) is 5.64. The molecule has 1 amide bonds. The fraction of sp³-hybridized carbons (Fsp3) is 0.227. The van der Waals surface area contributed by atoms with Gasteiger partial charge in [0.25, 0.3) is 0 Å². The van der Waals surface area contributed by atoms with Crippen LogP contribution in [0.4, 0.5) is 0 Å². The highest BCUT2D eigenvalue weighted by Gasteiger charge is 2.14. The number of nitrogens with one attached hydrogen (secondary N) is 1. The lowest BCUT2D eigenvalue weighted by Gasteiger charge is -2.14. The Morgan fingerprint density at radius 1 is 1.00 bits per heavy atom. The van der Waals surface area contributed by atoms with Gasteiger partial charge in [-0.25, -0.2) is 0 Å². The van der Waals surface area contributed by atoms with Crippen LogP contribution >= 0.6 is 23.4 Å². The molecule has 1 N–H and O–H groups in total. The summed E-state index contributed by atoms with van der Waals surface area (Å²) < 4.78 is 16.0. The number of amides is 1. The van der Waals surface area contributed by atoms with Crippen molar-refractivity contribution >= 4 is 40.0 Å². The molecule has 0 spiro atoms. The average Bonchev–Trinajstić information content (AvgIpc) is 2.75. The summed E-state index contributed by atoms with van der Waals surface area (Å²) in [6.45, 7) is 0.354. The molecule has 0 aromatic heterocycles. The number of ether oxygens (including phenoxy) is 3. The summed E-state index contributed by atoms with van der Waals surface area (Å²) in [4.78, 5) is 13.4. The topological polar surface area (TPSA) is 56.8 Å². The second-order valence-electron chi connectivity index (χ2n) is 6.19. The van der Waals surface area contributed by atoms with E-state index in [-0.39, 0.29) is 11.7 Å². The molecule has 0 radical (unpaired) electrons. The summed E-state index contributed by atoms with van der Waals surface area (Å²) in [7, 11) is 4.68. The zero-order valence-electron chi connectivity index (χ0n) is 16.5. The summed E-state index contributed by atoms with van der Waals surface area (Å²) >= 11 is 7.82. The molecule has 152 valence electrons. The van der Waals surface area contributed by atoms with Crippen molar-refractivity contribution in [3.63, 3.8) is 0 Å². The van der Waals surface area contributed by atoms with E-state index in [1.54, 1.807) is 21.3 Å². The number of rotatable bonds is 8. The van der Waals surface area contributed by atoms with Crippen molar-refractivity contribution in [3.8, 4) is 17.2 Å². The molecule has 5 nitrogen and oxygen atoms in total. The van der Waals surface area contributed by atoms with Crippen LogP contribution in [0.1, 0.15) is 5.56 Å². The molecule has 0 aliphatic heterocycles. The standard InChI is InChI=1S/C22H22ClNO4S/c1-26-17-10-14(11-18(27-2)22(17)28-3)12-24-20(25)13-29-19-9-5-7-15-6-4-8-16(23)21(15)19/h4-11H,12-13H2,1-3H3,(H,24,25). The van der Waals surface area contributed by atoms with Crippen LogP contribution < -0.4 is 19.5 Å². The molecule has 29 heavy (non-hydrogen) atoms. The van der Waals surface area contributed by atoms with Crippen molar-refractivity contribution in [2.75, 3.05) is 27.1 Å². The number of thioether (sulfide) groups is 1. The third-order valence-electron chi connectivity index (χ3n) is 4.39. The summed E-state index contributed by atoms with van der Waals surface area (Å²) in [6, 6.07) is 15.4. The average molecular weight is 432 g/mol. The molecule has 0 unspecified atom stereocenters. The molecule has 0 saturated carbocycles. The predicted molar refractivity (Wildman–Crippen MR) is 118 cm³/mol. The van der Waals surface area contributed by atoms with Crippen LogP contribution in [-0.4, -0.2) is 33.0 Å². The number of hydrogen-bond acceptors (Lipinski definition) is 5. The Hall–Kier alpha value is -2.57. The van der Waals surface area contributed by atoms with E-state index in [1.165, 1.54) is 11.8 Å². The van der Waals surface area contributed by atoms with E-state index < -0.39 is 0 Å². The van der Waals surface area contributed by atoms with Gasteiger partial charge < -0.3 is 19.5 Å². The third kappa shape index (κ3) is 4.89. The Morgan fingerprint density at radius 3 is 2.28 bits per heavy atom. The number of methoxy groups -OCH3 is 3. The first kappa shape index (κ1) is 21.1. The van der Waals surface area contributed by atoms with Crippen molar-refractivity contribution in [3.05, 3.63) is 59.1 Å². The maximum Gasteiger partial charge on any atom is 0.230 e. The lowest BCUT2D eigenvalue weighted by molar-refractivity contribution is -0.118. The highest BCUT2D eigenvalue weighted by Crippen LogP contribution is 2.38. The molecule has 7 heteroatoms. The second-order valence-corrected chi connectivity index (χ2v) is 7.62. The Morgan fingerprint density at radius 2 is 1.66 bits per heavy atom. The number of carbonyl (C=O) groups excluding carboxylic acids is 1. The minimum atomic E-state index is -0.0761. The van der Waals surface area contributed by atoms with E-state index in [0.29, 0.717) is 28.8 Å². The van der Waals surface area contributed by atoms with Gasteiger partial charge in [-0.1, -0.05) is 35.9 Å². The fourth-order valence-electron chi connectivity index (χ4n) is 3.01. The highest BCUT2D eigenvalue weighted by molar-refractivity contribution is 8.00. The maximum atomic E-state index is 12.4. The van der Waals surface area contributed by atoms with Crippen LogP contribution in [0.25, 0.3) is 10.8 Å². The van der Waals surface area contributed by atoms with Crippen LogP contribution in [0.3, 0.4) is 0 Å². The summed E-state index contributed by atoms with van der Waals surface area (Å²) in [5.41, 5.74) is 0.853. The summed E-state index contributed by atoms with van der Waals surface area (Å²) in [5.74, 6) is 1.84. The van der Waals surface area contributed by atoms with Crippen molar-refractivity contribution in [2.24, 2.45) is 0 Å². The van der Waals surface area contributed by atoms with Crippen LogP contribution in [-0.2, 0) is 11.3 Å². The van der Waals surface area contributed by atoms with E-state index in [9.17, 15) is 4.79 Å². The Balaban J connectivity index is 1.66. The molecular formula is C22H22ClNO4S. The van der Waals surface area contributed by atoms with Crippen molar-refractivity contribution in [1.82, 2.24) is 5.32 Å². The number of hydrogen-bond donors (Lipinski definition) is 1. The monoisotopic (exact) mass is 431 g/mol. The number of halogens is 1. The molecule has 0 heterocycles. The van der Waals surface area contributed by atoms with Crippen LogP contribution in [0.15, 0.2) is 53.4 Å². The maximum absolute atomic E-state index is 12.4. The molecular weight excluding hydrogens is 410 g/mol. The molecule has 0 aliphatic rings. The van der Waals surface area contributed by atoms with Crippen LogP contribution in [0, 0.1) is 0 Å². The predicted octanol–water partition coefficient (Wildman–Crippen LogP) is 4.93. The van der Waals surface area contributed by atoms with E-state index in [1.807, 2.05) is 48.5 Å². The molecule has 0 saturated heterocycles. The minimum Gasteiger partial charge on any atom is -0.493 e. The van der Waals surface area contributed by atoms with Gasteiger partial charge in [0.05, 0.1) is 27.1 Å². The van der Waals surface area contributed by atoms with Crippen molar-refractivity contribution < 1.29 is 19.0 Å². The first-order valence-electron chi connectivity index (χ1n) is 8.93. The SMILES string of the molecule is COc1cc(CNC(=O)CSc2cccc3cccc(Cl)c23)cc(OC)c1OC. The molecule has 0 aliphatic carbocycles. The summed E-state index contributed by atoms with van der Waals surface area (Å²) in [6.07, 6.45) is 0. The van der Waals surface area contributed by atoms with Crippen molar-refractivity contribution in [2.45, 2.75) is 11.4 Å². The Kier molecular flexibility index (Phi) is 7.12. The first-order valence-corrected chi connectivity index (χ1v) is 10.3. The Bertz CT molecular complexity index is 995. The molecule has 0 atom stereocenters. The molecule has 3 aromatic carbocycles. The number of fused-ring (bicyclic) bond motifs is 1. The van der Waals surface area contributed by atoms with E-state index in [2.05, 4.69) is 5.32 Å². The van der Waals surface area contributed by atoms with Crippen LogP contribution in [0.2, 0.25) is 5.02 Å². The molecule has 3 aromatic rings. The number of carbonyl (C=O) groups is 1. The smallest absolute Gasteiger partial charge is 0.230 e. The largest absolute Gasteiger partial charge is 0.493 e. The van der Waals surface area contributed by atoms with Gasteiger partial charge in [0.1, 0.15) is 0 Å². The van der Waals surface area contributed by atoms with E-state index in [0.717, 1.165) is 21.2 Å². The fourth-order valence-corrected chi connectivity index (χ4v) is 4.29. The lowest BCUT2D eigenvalue weighted by Crippen LogP contribution is -2.24. The second kappa shape index (κ2) is 9.76. The van der Waals surface area contributed by atoms with E-state index >= 15 is 0 Å². The van der Waals surface area contributed by atoms with E-state index in [4.69, 9.17) is 25.8 Å². The third-order valence-corrected chi connectivity index (χ3v) is 5.76. The van der Waals surface area contributed by atoms with Crippen LogP contribution in [0.5, 0.6) is 17.2 Å². The highest BCUT2D eigenvalue weighted by atomic mass is 35.5. The quantitative estimate of drug-likeness (QED) is 0.512. The van der Waals surface area contributed by atoms with Gasteiger partial charge in [-0.2, -0.15) is 0 Å². The number of benzene rings is 3. The Labute approximate surface area is 179 Å². The normalized spacial score (nSPS) is 10.6. The van der Waals surface area contributed by atoms with Crippen molar-refractivity contribution in [1.29, 1.82) is 0 Å².